The summed E-state index contributed by atoms with van der Waals surface area (Å²) in [6.45, 7) is 12.1. The van der Waals surface area contributed by atoms with E-state index in [1.54, 1.807) is 6.07 Å². The van der Waals surface area contributed by atoms with Crippen LogP contribution in [0.1, 0.15) is 53.5 Å². The Morgan fingerprint density at radius 2 is 1.85 bits per heavy atom. The fourth-order valence-corrected chi connectivity index (χ4v) is 3.51. The molecule has 0 amide bonds. The Morgan fingerprint density at radius 3 is 2.45 bits per heavy atom. The molecule has 1 aromatic heterocycles. The highest BCUT2D eigenvalue weighted by molar-refractivity contribution is 5.83. The number of carbonyl (C=O) groups excluding carboxylic acids is 1. The molecular formula is C23H35N7O3. The Balaban J connectivity index is 2.01. The first kappa shape index (κ1) is 24.5. The fraction of sp³-hybridized carbons (Fsp3) is 0.522. The normalized spacial score (nSPS) is 14.0. The summed E-state index contributed by atoms with van der Waals surface area (Å²) in [6, 6.07) is 7.55. The molecule has 0 saturated carbocycles. The third-order valence-electron chi connectivity index (χ3n) is 5.30. The van der Waals surface area contributed by atoms with Crippen LogP contribution in [0.5, 0.6) is 5.75 Å². The smallest absolute Gasteiger partial charge is 0.308 e. The molecule has 0 spiro atoms. The van der Waals surface area contributed by atoms with Crippen molar-refractivity contribution in [1.29, 1.82) is 0 Å². The lowest BCUT2D eigenvalue weighted by Gasteiger charge is -2.27. The number of aromatic nitrogens is 2. The topological polar surface area (TPSA) is 115 Å². The van der Waals surface area contributed by atoms with E-state index in [1.165, 1.54) is 6.92 Å². The zero-order chi connectivity index (χ0) is 24.1. The van der Waals surface area contributed by atoms with Crippen molar-refractivity contribution in [2.24, 2.45) is 0 Å². The van der Waals surface area contributed by atoms with Gasteiger partial charge in [-0.25, -0.2) is 0 Å². The SMILES string of the molecule is CCC(CO)Nc1nc(NCc2ccccc2OC(C)=O)c2c(n1)N(C(C)C)NN2C(C)C. The molecule has 33 heavy (non-hydrogen) atoms. The van der Waals surface area contributed by atoms with Gasteiger partial charge in [0.05, 0.1) is 12.6 Å². The monoisotopic (exact) mass is 457 g/mol. The molecule has 0 fully saturated rings. The van der Waals surface area contributed by atoms with Crippen molar-refractivity contribution in [1.82, 2.24) is 15.5 Å². The quantitative estimate of drug-likeness (QED) is 0.313. The summed E-state index contributed by atoms with van der Waals surface area (Å²) in [5.74, 6) is 1.96. The molecule has 3 rings (SSSR count). The number of benzene rings is 1. The summed E-state index contributed by atoms with van der Waals surface area (Å²) >= 11 is 0. The molecule has 0 radical (unpaired) electrons. The lowest BCUT2D eigenvalue weighted by Crippen LogP contribution is -2.50. The van der Waals surface area contributed by atoms with E-state index in [9.17, 15) is 9.90 Å². The van der Waals surface area contributed by atoms with Crippen molar-refractivity contribution in [3.8, 4) is 5.75 Å². The molecule has 1 aliphatic heterocycles. The second-order valence-electron chi connectivity index (χ2n) is 8.58. The van der Waals surface area contributed by atoms with Gasteiger partial charge in [0, 0.05) is 31.1 Å². The summed E-state index contributed by atoms with van der Waals surface area (Å²) in [6.07, 6.45) is 0.736. The fourth-order valence-electron chi connectivity index (χ4n) is 3.51. The van der Waals surface area contributed by atoms with Crippen molar-refractivity contribution in [2.75, 3.05) is 27.3 Å². The summed E-state index contributed by atoms with van der Waals surface area (Å²) in [5.41, 5.74) is 5.09. The molecule has 10 heteroatoms. The van der Waals surface area contributed by atoms with E-state index < -0.39 is 0 Å². The van der Waals surface area contributed by atoms with Gasteiger partial charge in [-0.1, -0.05) is 25.1 Å². The number of para-hydroxylation sites is 1. The molecule has 4 N–H and O–H groups in total. The number of hydrogen-bond donors (Lipinski definition) is 4. The van der Waals surface area contributed by atoms with E-state index in [-0.39, 0.29) is 30.7 Å². The Kier molecular flexibility index (Phi) is 7.93. The minimum Gasteiger partial charge on any atom is -0.426 e. The second-order valence-corrected chi connectivity index (χ2v) is 8.58. The summed E-state index contributed by atoms with van der Waals surface area (Å²) in [5, 5.41) is 20.3. The second kappa shape index (κ2) is 10.7. The Hall–Kier alpha value is -3.11. The number of anilines is 4. The number of rotatable bonds is 10. The van der Waals surface area contributed by atoms with E-state index in [0.717, 1.165) is 23.5 Å². The molecule has 0 bridgehead atoms. The highest BCUT2D eigenvalue weighted by atomic mass is 16.5. The van der Waals surface area contributed by atoms with E-state index >= 15 is 0 Å². The summed E-state index contributed by atoms with van der Waals surface area (Å²) in [4.78, 5) is 21.0. The van der Waals surface area contributed by atoms with Gasteiger partial charge in [-0.3, -0.25) is 14.8 Å². The van der Waals surface area contributed by atoms with Crippen LogP contribution in [0.15, 0.2) is 24.3 Å². The highest BCUT2D eigenvalue weighted by Gasteiger charge is 2.35. The first-order chi connectivity index (χ1) is 15.7. The van der Waals surface area contributed by atoms with Crippen LogP contribution in [-0.2, 0) is 11.3 Å². The Labute approximate surface area is 195 Å². The van der Waals surface area contributed by atoms with Gasteiger partial charge in [0.2, 0.25) is 5.95 Å². The van der Waals surface area contributed by atoms with Gasteiger partial charge in [-0.15, -0.1) is 5.53 Å². The van der Waals surface area contributed by atoms with Gasteiger partial charge in [-0.2, -0.15) is 9.97 Å². The molecule has 1 unspecified atom stereocenters. The maximum absolute atomic E-state index is 11.5. The van der Waals surface area contributed by atoms with Crippen LogP contribution < -0.4 is 30.9 Å². The predicted octanol–water partition coefficient (Wildman–Crippen LogP) is 3.06. The van der Waals surface area contributed by atoms with Gasteiger partial charge >= 0.3 is 5.97 Å². The number of ether oxygens (including phenoxy) is 1. The van der Waals surface area contributed by atoms with Crippen LogP contribution in [0.3, 0.4) is 0 Å². The summed E-state index contributed by atoms with van der Waals surface area (Å²) in [7, 11) is 0. The Bertz CT molecular complexity index is 963. The lowest BCUT2D eigenvalue weighted by atomic mass is 10.2. The molecule has 0 aliphatic carbocycles. The van der Waals surface area contributed by atoms with E-state index in [0.29, 0.717) is 24.1 Å². The molecule has 2 heterocycles. The lowest BCUT2D eigenvalue weighted by molar-refractivity contribution is -0.131. The zero-order valence-electron chi connectivity index (χ0n) is 20.2. The number of carbonyl (C=O) groups is 1. The van der Waals surface area contributed by atoms with Gasteiger partial charge in [0.1, 0.15) is 11.4 Å². The standard InChI is InChI=1S/C23H35N7O3/c1-7-18(13-31)25-23-26-21(24-12-17-10-8-9-11-19(17)33-16(6)32)20-22(27-23)30(15(4)5)28-29(20)14(2)3/h8-11,14-15,18,28,31H,7,12-13H2,1-6H3,(H2,24,25,26,27). The van der Waals surface area contributed by atoms with E-state index in [4.69, 9.17) is 14.7 Å². The molecule has 2 aromatic rings. The van der Waals surface area contributed by atoms with Crippen LogP contribution in [0.2, 0.25) is 0 Å². The van der Waals surface area contributed by atoms with Crippen LogP contribution in [0.4, 0.5) is 23.3 Å². The van der Waals surface area contributed by atoms with Crippen molar-refractivity contribution >= 4 is 29.2 Å². The number of aliphatic hydroxyl groups is 1. The molecule has 1 atom stereocenters. The molecule has 10 nitrogen and oxygen atoms in total. The maximum atomic E-state index is 11.5. The number of fused-ring (bicyclic) bond motifs is 1. The van der Waals surface area contributed by atoms with Crippen molar-refractivity contribution < 1.29 is 14.6 Å². The van der Waals surface area contributed by atoms with E-state index in [2.05, 4.69) is 43.9 Å². The maximum Gasteiger partial charge on any atom is 0.308 e. The number of nitrogens with zero attached hydrogens (tertiary/aromatic N) is 4. The first-order valence-corrected chi connectivity index (χ1v) is 11.4. The molecule has 0 saturated heterocycles. The number of esters is 1. The van der Waals surface area contributed by atoms with Crippen LogP contribution in [0.25, 0.3) is 0 Å². The third-order valence-corrected chi connectivity index (χ3v) is 5.30. The molecule has 180 valence electrons. The van der Waals surface area contributed by atoms with Crippen molar-refractivity contribution in [3.05, 3.63) is 29.8 Å². The van der Waals surface area contributed by atoms with Crippen molar-refractivity contribution in [2.45, 2.75) is 72.6 Å². The minimum absolute atomic E-state index is 0.0142. The predicted molar refractivity (Wildman–Crippen MR) is 130 cm³/mol. The van der Waals surface area contributed by atoms with E-state index in [1.807, 2.05) is 35.1 Å². The van der Waals surface area contributed by atoms with Crippen LogP contribution >= 0.6 is 0 Å². The molecule has 1 aromatic carbocycles. The number of nitrogens with one attached hydrogen (secondary N) is 3. The summed E-state index contributed by atoms with van der Waals surface area (Å²) < 4.78 is 5.36. The van der Waals surface area contributed by atoms with Gasteiger partial charge in [0.25, 0.3) is 0 Å². The van der Waals surface area contributed by atoms with Crippen LogP contribution in [-0.4, -0.2) is 45.8 Å². The average Bonchev–Trinajstić information content (AvgIpc) is 3.16. The number of aliphatic hydroxyl groups excluding tert-OH is 1. The van der Waals surface area contributed by atoms with Gasteiger partial charge in [0.15, 0.2) is 11.6 Å². The van der Waals surface area contributed by atoms with Crippen molar-refractivity contribution in [3.63, 3.8) is 0 Å². The number of hydrogen-bond acceptors (Lipinski definition) is 10. The minimum atomic E-state index is -0.366. The first-order valence-electron chi connectivity index (χ1n) is 11.4. The Morgan fingerprint density at radius 1 is 1.15 bits per heavy atom. The zero-order valence-corrected chi connectivity index (χ0v) is 20.2. The third kappa shape index (κ3) is 5.63. The average molecular weight is 458 g/mol. The van der Waals surface area contributed by atoms with Crippen LogP contribution in [0, 0.1) is 0 Å². The number of hydrazine groups is 2. The van der Waals surface area contributed by atoms with Gasteiger partial charge < -0.3 is 20.5 Å². The van der Waals surface area contributed by atoms with Gasteiger partial charge in [-0.05, 0) is 40.2 Å². The molecular weight excluding hydrogens is 422 g/mol. The molecule has 1 aliphatic rings. The highest BCUT2D eigenvalue weighted by Crippen LogP contribution is 2.40. The largest absolute Gasteiger partial charge is 0.426 e.